The Kier molecular flexibility index (Phi) is 4.85. The first-order chi connectivity index (χ1) is 9.47. The van der Waals surface area contributed by atoms with Gasteiger partial charge >= 0.3 is 0 Å². The van der Waals surface area contributed by atoms with Crippen LogP contribution >= 0.6 is 11.6 Å². The minimum atomic E-state index is -0.171. The van der Waals surface area contributed by atoms with Crippen molar-refractivity contribution >= 4 is 11.6 Å². The van der Waals surface area contributed by atoms with Crippen LogP contribution in [-0.4, -0.2) is 0 Å². The summed E-state index contributed by atoms with van der Waals surface area (Å²) in [5.41, 5.74) is 11.0. The van der Waals surface area contributed by atoms with Crippen molar-refractivity contribution in [2.75, 3.05) is 0 Å². The zero-order valence-electron chi connectivity index (χ0n) is 12.4. The van der Waals surface area contributed by atoms with E-state index in [4.69, 9.17) is 17.3 Å². The third-order valence-corrected chi connectivity index (χ3v) is 3.77. The molecule has 0 aromatic heterocycles. The SMILES string of the molecule is Cc1ccc(C(N)c2cccc(CC(C)C)c2)c(Cl)c1. The number of hydrogen-bond acceptors (Lipinski definition) is 1. The summed E-state index contributed by atoms with van der Waals surface area (Å²) in [6.45, 7) is 6.48. The van der Waals surface area contributed by atoms with Gasteiger partial charge in [-0.05, 0) is 47.6 Å². The second kappa shape index (κ2) is 6.43. The number of halogens is 1. The van der Waals surface area contributed by atoms with Crippen molar-refractivity contribution < 1.29 is 0 Å². The Morgan fingerprint density at radius 2 is 1.85 bits per heavy atom. The molecule has 1 unspecified atom stereocenters. The van der Waals surface area contributed by atoms with Gasteiger partial charge in [-0.25, -0.2) is 0 Å². The molecule has 0 saturated carbocycles. The van der Waals surface area contributed by atoms with E-state index < -0.39 is 0 Å². The molecule has 0 bridgehead atoms. The van der Waals surface area contributed by atoms with Crippen LogP contribution in [0.5, 0.6) is 0 Å². The molecule has 0 saturated heterocycles. The van der Waals surface area contributed by atoms with Gasteiger partial charge in [0.1, 0.15) is 0 Å². The standard InChI is InChI=1S/C18H22ClN/c1-12(2)9-14-5-4-6-15(11-14)18(20)16-8-7-13(3)10-17(16)19/h4-8,10-12,18H,9,20H2,1-3H3. The van der Waals surface area contributed by atoms with E-state index in [1.165, 1.54) is 5.56 Å². The summed E-state index contributed by atoms with van der Waals surface area (Å²) in [4.78, 5) is 0. The van der Waals surface area contributed by atoms with Crippen LogP contribution in [0.1, 0.15) is 42.1 Å². The van der Waals surface area contributed by atoms with Gasteiger partial charge in [-0.15, -0.1) is 0 Å². The van der Waals surface area contributed by atoms with E-state index in [1.54, 1.807) is 0 Å². The summed E-state index contributed by atoms with van der Waals surface area (Å²) in [5.74, 6) is 0.643. The molecule has 2 rings (SSSR count). The number of rotatable bonds is 4. The molecule has 0 aliphatic rings. The molecule has 2 N–H and O–H groups in total. The van der Waals surface area contributed by atoms with Crippen LogP contribution in [0.4, 0.5) is 0 Å². The van der Waals surface area contributed by atoms with Crippen LogP contribution < -0.4 is 5.73 Å². The van der Waals surface area contributed by atoms with Gasteiger partial charge in [-0.1, -0.05) is 61.8 Å². The van der Waals surface area contributed by atoms with Crippen LogP contribution in [0, 0.1) is 12.8 Å². The van der Waals surface area contributed by atoms with Gasteiger partial charge in [-0.2, -0.15) is 0 Å². The largest absolute Gasteiger partial charge is 0.320 e. The fourth-order valence-electron chi connectivity index (χ4n) is 2.45. The summed E-state index contributed by atoms with van der Waals surface area (Å²) >= 11 is 6.32. The van der Waals surface area contributed by atoms with Gasteiger partial charge in [0.05, 0.1) is 6.04 Å². The highest BCUT2D eigenvalue weighted by molar-refractivity contribution is 6.31. The van der Waals surface area contributed by atoms with Crippen molar-refractivity contribution in [2.45, 2.75) is 33.2 Å². The van der Waals surface area contributed by atoms with Crippen LogP contribution in [0.2, 0.25) is 5.02 Å². The summed E-state index contributed by atoms with van der Waals surface area (Å²) in [5, 5.41) is 0.742. The number of benzene rings is 2. The third-order valence-electron chi connectivity index (χ3n) is 3.45. The van der Waals surface area contributed by atoms with E-state index in [2.05, 4.69) is 44.2 Å². The average molecular weight is 288 g/mol. The van der Waals surface area contributed by atoms with Crippen molar-refractivity contribution in [1.29, 1.82) is 0 Å². The molecule has 0 radical (unpaired) electrons. The van der Waals surface area contributed by atoms with Gasteiger partial charge in [0.25, 0.3) is 0 Å². The van der Waals surface area contributed by atoms with Gasteiger partial charge in [0.2, 0.25) is 0 Å². The maximum Gasteiger partial charge on any atom is 0.0566 e. The maximum atomic E-state index is 6.38. The van der Waals surface area contributed by atoms with Crippen molar-refractivity contribution in [1.82, 2.24) is 0 Å². The van der Waals surface area contributed by atoms with Crippen molar-refractivity contribution in [3.05, 3.63) is 69.7 Å². The number of hydrogen-bond donors (Lipinski definition) is 1. The van der Waals surface area contributed by atoms with Crippen LogP contribution in [0.3, 0.4) is 0 Å². The predicted molar refractivity (Wildman–Crippen MR) is 87.2 cm³/mol. The first-order valence-corrected chi connectivity index (χ1v) is 7.45. The zero-order chi connectivity index (χ0) is 14.7. The Hall–Kier alpha value is -1.31. The fraction of sp³-hybridized carbons (Fsp3) is 0.333. The highest BCUT2D eigenvalue weighted by Gasteiger charge is 2.13. The van der Waals surface area contributed by atoms with E-state index in [-0.39, 0.29) is 6.04 Å². The second-order valence-electron chi connectivity index (χ2n) is 5.85. The molecule has 0 heterocycles. The van der Waals surface area contributed by atoms with Crippen molar-refractivity contribution in [3.8, 4) is 0 Å². The van der Waals surface area contributed by atoms with Crippen LogP contribution in [0.25, 0.3) is 0 Å². The Balaban J connectivity index is 2.30. The minimum absolute atomic E-state index is 0.171. The van der Waals surface area contributed by atoms with E-state index in [1.807, 2.05) is 19.1 Å². The molecule has 1 atom stereocenters. The summed E-state index contributed by atoms with van der Waals surface area (Å²) in [7, 11) is 0. The Morgan fingerprint density at radius 1 is 1.10 bits per heavy atom. The molecule has 1 nitrogen and oxygen atoms in total. The molecular formula is C18H22ClN. The maximum absolute atomic E-state index is 6.38. The first-order valence-electron chi connectivity index (χ1n) is 7.08. The lowest BCUT2D eigenvalue weighted by Gasteiger charge is -2.16. The quantitative estimate of drug-likeness (QED) is 0.851. The van der Waals surface area contributed by atoms with Gasteiger partial charge in [-0.3, -0.25) is 0 Å². The predicted octanol–water partition coefficient (Wildman–Crippen LogP) is 4.90. The molecular weight excluding hydrogens is 266 g/mol. The Labute approximate surface area is 126 Å². The smallest absolute Gasteiger partial charge is 0.0566 e. The minimum Gasteiger partial charge on any atom is -0.320 e. The average Bonchev–Trinajstić information content (AvgIpc) is 2.37. The first kappa shape index (κ1) is 15.1. The molecule has 2 aromatic carbocycles. The normalized spacial score (nSPS) is 12.7. The molecule has 0 spiro atoms. The molecule has 2 heteroatoms. The molecule has 0 aliphatic heterocycles. The Bertz CT molecular complexity index is 590. The molecule has 20 heavy (non-hydrogen) atoms. The lowest BCUT2D eigenvalue weighted by atomic mass is 9.95. The molecule has 0 aliphatic carbocycles. The van der Waals surface area contributed by atoms with Crippen molar-refractivity contribution in [3.63, 3.8) is 0 Å². The molecule has 2 aromatic rings. The summed E-state index contributed by atoms with van der Waals surface area (Å²) in [6.07, 6.45) is 1.07. The number of nitrogens with two attached hydrogens (primary N) is 1. The highest BCUT2D eigenvalue weighted by Crippen LogP contribution is 2.28. The van der Waals surface area contributed by atoms with E-state index in [9.17, 15) is 0 Å². The molecule has 0 fully saturated rings. The van der Waals surface area contributed by atoms with Crippen molar-refractivity contribution in [2.24, 2.45) is 11.7 Å². The summed E-state index contributed by atoms with van der Waals surface area (Å²) < 4.78 is 0. The molecule has 106 valence electrons. The van der Waals surface area contributed by atoms with Gasteiger partial charge in [0, 0.05) is 5.02 Å². The van der Waals surface area contributed by atoms with Crippen LogP contribution in [-0.2, 0) is 6.42 Å². The van der Waals surface area contributed by atoms with Crippen LogP contribution in [0.15, 0.2) is 42.5 Å². The third kappa shape index (κ3) is 3.62. The topological polar surface area (TPSA) is 26.0 Å². The fourth-order valence-corrected chi connectivity index (χ4v) is 2.80. The highest BCUT2D eigenvalue weighted by atomic mass is 35.5. The van der Waals surface area contributed by atoms with E-state index >= 15 is 0 Å². The van der Waals surface area contributed by atoms with Gasteiger partial charge in [0.15, 0.2) is 0 Å². The monoisotopic (exact) mass is 287 g/mol. The zero-order valence-corrected chi connectivity index (χ0v) is 13.1. The van der Waals surface area contributed by atoms with E-state index in [0.29, 0.717) is 5.92 Å². The van der Waals surface area contributed by atoms with Gasteiger partial charge < -0.3 is 5.73 Å². The number of aryl methyl sites for hydroxylation is 1. The Morgan fingerprint density at radius 3 is 2.50 bits per heavy atom. The second-order valence-corrected chi connectivity index (χ2v) is 6.25. The lowest BCUT2D eigenvalue weighted by molar-refractivity contribution is 0.646. The van der Waals surface area contributed by atoms with E-state index in [0.717, 1.165) is 28.1 Å². The molecule has 0 amide bonds. The summed E-state index contributed by atoms with van der Waals surface area (Å²) in [6, 6.07) is 14.4. The lowest BCUT2D eigenvalue weighted by Crippen LogP contribution is -2.13.